The van der Waals surface area contributed by atoms with Crippen LogP contribution in [0.25, 0.3) is 0 Å². The predicted molar refractivity (Wildman–Crippen MR) is 87.8 cm³/mol. The second-order valence-corrected chi connectivity index (χ2v) is 5.85. The molecule has 5 heteroatoms. The number of thiocarbonyl (C=S) groups is 1. The lowest BCUT2D eigenvalue weighted by molar-refractivity contribution is -0.135. The number of carbonyl (C=O) groups is 1. The van der Waals surface area contributed by atoms with Crippen LogP contribution in [0.1, 0.15) is 53.4 Å². The van der Waals surface area contributed by atoms with Gasteiger partial charge >= 0.3 is 0 Å². The first-order valence-electron chi connectivity index (χ1n) is 7.61. The van der Waals surface area contributed by atoms with Crippen LogP contribution in [0.3, 0.4) is 0 Å². The number of ether oxygens (including phenoxy) is 1. The lowest BCUT2D eigenvalue weighted by Crippen LogP contribution is -2.39. The minimum absolute atomic E-state index is 0.104. The molecule has 20 heavy (non-hydrogen) atoms. The Morgan fingerprint density at radius 3 is 2.30 bits per heavy atom. The van der Waals surface area contributed by atoms with Crippen molar-refractivity contribution >= 4 is 23.1 Å². The molecule has 0 bridgehead atoms. The van der Waals surface area contributed by atoms with Crippen LogP contribution >= 0.6 is 12.2 Å². The standard InChI is InChI=1S/C15H30N2O2S/c1-5-13(6-2)15(18)17(10-8-14(16)20)9-7-11-19-12(3)4/h12-13H,5-11H2,1-4H3,(H2,16,20). The Morgan fingerprint density at radius 2 is 1.85 bits per heavy atom. The van der Waals surface area contributed by atoms with Crippen LogP contribution < -0.4 is 5.73 Å². The summed E-state index contributed by atoms with van der Waals surface area (Å²) in [5, 5.41) is 0. The quantitative estimate of drug-likeness (QED) is 0.471. The fourth-order valence-corrected chi connectivity index (χ4v) is 2.14. The molecule has 0 atom stereocenters. The highest BCUT2D eigenvalue weighted by atomic mass is 32.1. The highest BCUT2D eigenvalue weighted by molar-refractivity contribution is 7.80. The van der Waals surface area contributed by atoms with Gasteiger partial charge in [-0.2, -0.15) is 0 Å². The molecule has 1 amide bonds. The number of amides is 1. The van der Waals surface area contributed by atoms with E-state index < -0.39 is 0 Å². The molecule has 0 fully saturated rings. The first-order valence-corrected chi connectivity index (χ1v) is 8.01. The van der Waals surface area contributed by atoms with Crippen molar-refractivity contribution in [3.63, 3.8) is 0 Å². The SMILES string of the molecule is CCC(CC)C(=O)N(CCCOC(C)C)CCC(N)=S. The second kappa shape index (κ2) is 11.0. The van der Waals surface area contributed by atoms with E-state index >= 15 is 0 Å². The van der Waals surface area contributed by atoms with Gasteiger partial charge in [0.25, 0.3) is 0 Å². The molecule has 0 saturated heterocycles. The monoisotopic (exact) mass is 302 g/mol. The summed E-state index contributed by atoms with van der Waals surface area (Å²) in [5.41, 5.74) is 5.55. The van der Waals surface area contributed by atoms with Crippen molar-refractivity contribution in [1.29, 1.82) is 0 Å². The van der Waals surface area contributed by atoms with Crippen molar-refractivity contribution in [2.75, 3.05) is 19.7 Å². The molecule has 0 aromatic rings. The first kappa shape index (κ1) is 19.3. The minimum Gasteiger partial charge on any atom is -0.393 e. The Hall–Kier alpha value is -0.680. The number of nitrogens with two attached hydrogens (primary N) is 1. The van der Waals surface area contributed by atoms with Crippen LogP contribution in [-0.2, 0) is 9.53 Å². The van der Waals surface area contributed by atoms with E-state index in [0.29, 0.717) is 31.1 Å². The fraction of sp³-hybridized carbons (Fsp3) is 0.867. The molecule has 0 aliphatic carbocycles. The molecule has 0 unspecified atom stereocenters. The lowest BCUT2D eigenvalue weighted by Gasteiger charge is -2.26. The third-order valence-electron chi connectivity index (χ3n) is 3.30. The smallest absolute Gasteiger partial charge is 0.225 e. The topological polar surface area (TPSA) is 55.6 Å². The van der Waals surface area contributed by atoms with Crippen molar-refractivity contribution < 1.29 is 9.53 Å². The summed E-state index contributed by atoms with van der Waals surface area (Å²) in [5.74, 6) is 0.322. The number of hydrogen-bond donors (Lipinski definition) is 1. The van der Waals surface area contributed by atoms with Crippen LogP contribution in [-0.4, -0.2) is 41.6 Å². The van der Waals surface area contributed by atoms with Gasteiger partial charge in [0.05, 0.1) is 11.1 Å². The van der Waals surface area contributed by atoms with E-state index in [2.05, 4.69) is 13.8 Å². The van der Waals surface area contributed by atoms with Gasteiger partial charge in [0.15, 0.2) is 0 Å². The molecule has 0 aliphatic rings. The summed E-state index contributed by atoms with van der Waals surface area (Å²) in [7, 11) is 0. The van der Waals surface area contributed by atoms with Crippen molar-refractivity contribution in [3.05, 3.63) is 0 Å². The Labute approximate surface area is 129 Å². The maximum absolute atomic E-state index is 12.4. The van der Waals surface area contributed by atoms with E-state index in [-0.39, 0.29) is 17.9 Å². The van der Waals surface area contributed by atoms with Gasteiger partial charge in [-0.3, -0.25) is 4.79 Å². The van der Waals surface area contributed by atoms with Gasteiger partial charge in [0.1, 0.15) is 0 Å². The normalized spacial score (nSPS) is 11.1. The lowest BCUT2D eigenvalue weighted by atomic mass is 10.0. The molecule has 0 heterocycles. The molecular formula is C15H30N2O2S. The molecule has 4 nitrogen and oxygen atoms in total. The van der Waals surface area contributed by atoms with Crippen molar-refractivity contribution in [1.82, 2.24) is 4.90 Å². The van der Waals surface area contributed by atoms with Gasteiger partial charge in [-0.15, -0.1) is 0 Å². The van der Waals surface area contributed by atoms with Crippen molar-refractivity contribution in [2.24, 2.45) is 11.7 Å². The second-order valence-electron chi connectivity index (χ2n) is 5.33. The fourth-order valence-electron chi connectivity index (χ4n) is 2.05. The molecule has 0 aromatic carbocycles. The predicted octanol–water partition coefficient (Wildman–Crippen LogP) is 2.74. The minimum atomic E-state index is 0.104. The van der Waals surface area contributed by atoms with Crippen LogP contribution in [0.4, 0.5) is 0 Å². The zero-order valence-corrected chi connectivity index (χ0v) is 14.2. The van der Waals surface area contributed by atoms with Gasteiger partial charge in [-0.05, 0) is 33.1 Å². The molecule has 0 aromatic heterocycles. The van der Waals surface area contributed by atoms with Crippen LogP contribution in [0.2, 0.25) is 0 Å². The molecule has 0 spiro atoms. The van der Waals surface area contributed by atoms with Crippen LogP contribution in [0.15, 0.2) is 0 Å². The number of carbonyl (C=O) groups excluding carboxylic acids is 1. The summed E-state index contributed by atoms with van der Waals surface area (Å²) in [6.45, 7) is 10.1. The molecule has 0 radical (unpaired) electrons. The number of nitrogens with zero attached hydrogens (tertiary/aromatic N) is 1. The van der Waals surface area contributed by atoms with E-state index in [0.717, 1.165) is 19.3 Å². The van der Waals surface area contributed by atoms with E-state index in [1.54, 1.807) is 0 Å². The molecule has 0 rings (SSSR count). The Morgan fingerprint density at radius 1 is 1.25 bits per heavy atom. The van der Waals surface area contributed by atoms with E-state index in [1.807, 2.05) is 18.7 Å². The Kier molecular flexibility index (Phi) is 10.7. The Bertz CT molecular complexity index is 292. The van der Waals surface area contributed by atoms with E-state index in [9.17, 15) is 4.79 Å². The van der Waals surface area contributed by atoms with E-state index in [4.69, 9.17) is 22.7 Å². The largest absolute Gasteiger partial charge is 0.393 e. The van der Waals surface area contributed by atoms with Gasteiger partial charge < -0.3 is 15.4 Å². The number of hydrogen-bond acceptors (Lipinski definition) is 3. The van der Waals surface area contributed by atoms with Gasteiger partial charge in [0.2, 0.25) is 5.91 Å². The van der Waals surface area contributed by atoms with Gasteiger partial charge in [-0.25, -0.2) is 0 Å². The molecule has 0 aliphatic heterocycles. The van der Waals surface area contributed by atoms with Gasteiger partial charge in [0, 0.05) is 32.0 Å². The van der Waals surface area contributed by atoms with Crippen LogP contribution in [0.5, 0.6) is 0 Å². The molecular weight excluding hydrogens is 272 g/mol. The van der Waals surface area contributed by atoms with E-state index in [1.165, 1.54) is 0 Å². The van der Waals surface area contributed by atoms with Crippen molar-refractivity contribution in [2.45, 2.75) is 59.5 Å². The highest BCUT2D eigenvalue weighted by Gasteiger charge is 2.21. The molecule has 0 saturated carbocycles. The van der Waals surface area contributed by atoms with Crippen LogP contribution in [0, 0.1) is 5.92 Å². The summed E-state index contributed by atoms with van der Waals surface area (Å²) >= 11 is 4.91. The van der Waals surface area contributed by atoms with Crippen molar-refractivity contribution in [3.8, 4) is 0 Å². The molecule has 2 N–H and O–H groups in total. The summed E-state index contributed by atoms with van der Waals surface area (Å²) in [6.07, 6.45) is 3.42. The third kappa shape index (κ3) is 8.48. The average molecular weight is 302 g/mol. The highest BCUT2D eigenvalue weighted by Crippen LogP contribution is 2.13. The summed E-state index contributed by atoms with van der Waals surface area (Å²) in [4.78, 5) is 14.8. The zero-order valence-electron chi connectivity index (χ0n) is 13.4. The number of rotatable bonds is 11. The third-order valence-corrected chi connectivity index (χ3v) is 3.50. The summed E-state index contributed by atoms with van der Waals surface area (Å²) < 4.78 is 5.52. The maximum atomic E-state index is 12.4. The zero-order chi connectivity index (χ0) is 15.5. The summed E-state index contributed by atoms with van der Waals surface area (Å²) in [6, 6.07) is 0. The Balaban J connectivity index is 4.39. The van der Waals surface area contributed by atoms with Gasteiger partial charge in [-0.1, -0.05) is 26.1 Å². The average Bonchev–Trinajstić information content (AvgIpc) is 2.38. The molecule has 118 valence electrons. The maximum Gasteiger partial charge on any atom is 0.225 e. The first-order chi connectivity index (χ1) is 9.42.